The molecule has 1 heterocycles. The molecule has 6 nitrogen and oxygen atoms in total. The number of amides is 2. The number of hydrogen-bond donors (Lipinski definition) is 2. The molecule has 2 amide bonds. The molecule has 27 heavy (non-hydrogen) atoms. The van der Waals surface area contributed by atoms with Crippen molar-refractivity contribution in [1.29, 1.82) is 0 Å². The number of carbonyl (C=O) groups excluding carboxylic acids is 2. The van der Waals surface area contributed by atoms with Gasteiger partial charge in [-0.15, -0.1) is 0 Å². The topological polar surface area (TPSA) is 86.9 Å². The minimum absolute atomic E-state index is 0.0438. The Morgan fingerprint density at radius 3 is 2.44 bits per heavy atom. The van der Waals surface area contributed by atoms with Gasteiger partial charge in [-0.05, 0) is 42.7 Å². The first-order valence-corrected chi connectivity index (χ1v) is 9.20. The number of nitrogens with zero attached hydrogens (tertiary/aromatic N) is 2. The van der Waals surface area contributed by atoms with Crippen LogP contribution in [-0.4, -0.2) is 47.6 Å². The van der Waals surface area contributed by atoms with Crippen molar-refractivity contribution < 1.29 is 14.7 Å². The van der Waals surface area contributed by atoms with E-state index in [9.17, 15) is 14.7 Å². The summed E-state index contributed by atoms with van der Waals surface area (Å²) in [6.07, 6.45) is 0.791. The van der Waals surface area contributed by atoms with E-state index in [1.807, 2.05) is 30.3 Å². The van der Waals surface area contributed by atoms with E-state index in [4.69, 9.17) is 5.73 Å². The van der Waals surface area contributed by atoms with Crippen molar-refractivity contribution >= 4 is 17.5 Å². The zero-order valence-electron chi connectivity index (χ0n) is 15.3. The lowest BCUT2D eigenvalue weighted by atomic mass is 10.1. The second-order valence-electron chi connectivity index (χ2n) is 6.74. The van der Waals surface area contributed by atoms with Crippen molar-refractivity contribution in [3.8, 4) is 0 Å². The number of carbonyl (C=O) groups is 2. The number of rotatable bonds is 5. The summed E-state index contributed by atoms with van der Waals surface area (Å²) >= 11 is 0. The molecule has 0 unspecified atom stereocenters. The first kappa shape index (κ1) is 19.1. The van der Waals surface area contributed by atoms with Gasteiger partial charge in [0.05, 0.1) is 6.10 Å². The van der Waals surface area contributed by atoms with Crippen LogP contribution in [0.3, 0.4) is 0 Å². The maximum Gasteiger partial charge on any atom is 0.258 e. The van der Waals surface area contributed by atoms with Crippen LogP contribution in [0, 0.1) is 0 Å². The molecule has 3 rings (SSSR count). The lowest BCUT2D eigenvalue weighted by molar-refractivity contribution is -0.131. The highest BCUT2D eigenvalue weighted by Gasteiger charge is 2.26. The predicted octanol–water partition coefficient (Wildman–Crippen LogP) is 1.78. The molecule has 0 saturated carbocycles. The minimum Gasteiger partial charge on any atom is -0.393 e. The summed E-state index contributed by atoms with van der Waals surface area (Å²) in [6.45, 7) is 1.34. The predicted molar refractivity (Wildman–Crippen MR) is 104 cm³/mol. The summed E-state index contributed by atoms with van der Waals surface area (Å²) in [5.41, 5.74) is 7.81. The SMILES string of the molecule is NCc1cccc(N(CC(=O)N2CCC(O)CC2)C(=O)c2ccccc2)c1. The Hall–Kier alpha value is -2.70. The third-order valence-corrected chi connectivity index (χ3v) is 4.83. The van der Waals surface area contributed by atoms with Gasteiger partial charge in [0.2, 0.25) is 5.91 Å². The van der Waals surface area contributed by atoms with Gasteiger partial charge in [-0.25, -0.2) is 0 Å². The highest BCUT2D eigenvalue weighted by atomic mass is 16.3. The highest BCUT2D eigenvalue weighted by Crippen LogP contribution is 2.20. The van der Waals surface area contributed by atoms with E-state index in [-0.39, 0.29) is 24.5 Å². The molecule has 1 saturated heterocycles. The van der Waals surface area contributed by atoms with Crippen LogP contribution in [0.15, 0.2) is 54.6 Å². The van der Waals surface area contributed by atoms with Crippen molar-refractivity contribution in [1.82, 2.24) is 4.90 Å². The van der Waals surface area contributed by atoms with Crippen molar-refractivity contribution in [3.63, 3.8) is 0 Å². The molecule has 1 aliphatic heterocycles. The zero-order chi connectivity index (χ0) is 19.2. The van der Waals surface area contributed by atoms with Crippen LogP contribution < -0.4 is 10.6 Å². The van der Waals surface area contributed by atoms with Crippen LogP contribution in [0.25, 0.3) is 0 Å². The second-order valence-corrected chi connectivity index (χ2v) is 6.74. The fraction of sp³-hybridized carbons (Fsp3) is 0.333. The van der Waals surface area contributed by atoms with Crippen molar-refractivity contribution in [2.75, 3.05) is 24.5 Å². The summed E-state index contributed by atoms with van der Waals surface area (Å²) in [4.78, 5) is 29.1. The smallest absolute Gasteiger partial charge is 0.258 e. The van der Waals surface area contributed by atoms with Crippen LogP contribution in [0.1, 0.15) is 28.8 Å². The van der Waals surface area contributed by atoms with Gasteiger partial charge in [-0.1, -0.05) is 30.3 Å². The number of piperidine rings is 1. The zero-order valence-corrected chi connectivity index (χ0v) is 15.3. The van der Waals surface area contributed by atoms with Gasteiger partial charge in [0, 0.05) is 30.9 Å². The van der Waals surface area contributed by atoms with Crippen LogP contribution in [0.5, 0.6) is 0 Å². The van der Waals surface area contributed by atoms with E-state index >= 15 is 0 Å². The van der Waals surface area contributed by atoms with Gasteiger partial charge in [0.15, 0.2) is 0 Å². The molecule has 2 aromatic rings. The standard InChI is InChI=1S/C21H25N3O3/c22-14-16-5-4-8-18(13-16)24(21(27)17-6-2-1-3-7-17)15-20(26)23-11-9-19(25)10-12-23/h1-8,13,19,25H,9-12,14-15,22H2. The third-order valence-electron chi connectivity index (χ3n) is 4.83. The number of likely N-dealkylation sites (tertiary alicyclic amines) is 1. The Morgan fingerprint density at radius 1 is 1.07 bits per heavy atom. The maximum atomic E-state index is 13.1. The summed E-state index contributed by atoms with van der Waals surface area (Å²) < 4.78 is 0. The van der Waals surface area contributed by atoms with Gasteiger partial charge >= 0.3 is 0 Å². The molecule has 142 valence electrons. The molecule has 1 aliphatic rings. The van der Waals surface area contributed by atoms with Gasteiger partial charge < -0.3 is 15.7 Å². The van der Waals surface area contributed by atoms with E-state index in [0.717, 1.165) is 5.56 Å². The molecule has 2 aromatic carbocycles. The minimum atomic E-state index is -0.350. The van der Waals surface area contributed by atoms with Crippen LogP contribution >= 0.6 is 0 Å². The largest absolute Gasteiger partial charge is 0.393 e. The van der Waals surface area contributed by atoms with Crippen molar-refractivity contribution in [2.45, 2.75) is 25.5 Å². The van der Waals surface area contributed by atoms with Gasteiger partial charge in [0.25, 0.3) is 5.91 Å². The first-order valence-electron chi connectivity index (χ1n) is 9.20. The molecule has 3 N–H and O–H groups in total. The second kappa shape index (κ2) is 8.79. The quantitative estimate of drug-likeness (QED) is 0.843. The monoisotopic (exact) mass is 367 g/mol. The van der Waals surface area contributed by atoms with Crippen LogP contribution in [0.4, 0.5) is 5.69 Å². The molecule has 0 aromatic heterocycles. The van der Waals surface area contributed by atoms with Gasteiger partial charge in [-0.2, -0.15) is 0 Å². The number of aliphatic hydroxyl groups is 1. The third kappa shape index (κ3) is 4.72. The van der Waals surface area contributed by atoms with E-state index in [1.54, 1.807) is 29.2 Å². The molecule has 1 fully saturated rings. The molecule has 0 radical (unpaired) electrons. The van der Waals surface area contributed by atoms with E-state index in [2.05, 4.69) is 0 Å². The molecular weight excluding hydrogens is 342 g/mol. The van der Waals surface area contributed by atoms with Crippen molar-refractivity contribution in [2.24, 2.45) is 5.73 Å². The van der Waals surface area contributed by atoms with E-state index in [1.165, 1.54) is 4.90 Å². The number of hydrogen-bond acceptors (Lipinski definition) is 4. The highest BCUT2D eigenvalue weighted by molar-refractivity contribution is 6.08. The fourth-order valence-electron chi connectivity index (χ4n) is 3.22. The lowest BCUT2D eigenvalue weighted by Crippen LogP contribution is -2.46. The van der Waals surface area contributed by atoms with Gasteiger partial charge in [-0.3, -0.25) is 14.5 Å². The summed E-state index contributed by atoms with van der Waals surface area (Å²) in [6, 6.07) is 16.3. The number of aliphatic hydroxyl groups excluding tert-OH is 1. The average Bonchev–Trinajstić information content (AvgIpc) is 2.72. The van der Waals surface area contributed by atoms with Gasteiger partial charge in [0.1, 0.15) is 6.54 Å². The van der Waals surface area contributed by atoms with E-state index in [0.29, 0.717) is 43.7 Å². The number of benzene rings is 2. The van der Waals surface area contributed by atoms with Crippen LogP contribution in [0.2, 0.25) is 0 Å². The molecule has 0 spiro atoms. The van der Waals surface area contributed by atoms with Crippen molar-refractivity contribution in [3.05, 3.63) is 65.7 Å². The number of anilines is 1. The molecule has 6 heteroatoms. The Labute approximate surface area is 159 Å². The molecule has 0 atom stereocenters. The van der Waals surface area contributed by atoms with E-state index < -0.39 is 0 Å². The Balaban J connectivity index is 1.85. The molecular formula is C21H25N3O3. The Kier molecular flexibility index (Phi) is 6.21. The molecule has 0 bridgehead atoms. The maximum absolute atomic E-state index is 13.1. The van der Waals surface area contributed by atoms with Crippen LogP contribution in [-0.2, 0) is 11.3 Å². The summed E-state index contributed by atoms with van der Waals surface area (Å²) in [7, 11) is 0. The fourth-order valence-corrected chi connectivity index (χ4v) is 3.22. The summed E-state index contributed by atoms with van der Waals surface area (Å²) in [5.74, 6) is -0.348. The normalized spacial score (nSPS) is 14.8. The molecule has 0 aliphatic carbocycles. The Bertz CT molecular complexity index is 786. The number of nitrogens with two attached hydrogens (primary N) is 1. The first-order chi connectivity index (χ1) is 13.1. The lowest BCUT2D eigenvalue weighted by Gasteiger charge is -2.32. The summed E-state index contributed by atoms with van der Waals surface area (Å²) in [5, 5.41) is 9.65. The Morgan fingerprint density at radius 2 is 1.78 bits per heavy atom. The average molecular weight is 367 g/mol.